The van der Waals surface area contributed by atoms with Crippen molar-refractivity contribution in [1.82, 2.24) is 9.97 Å². The number of ether oxygens (including phenoxy) is 1. The van der Waals surface area contributed by atoms with Gasteiger partial charge < -0.3 is 15.8 Å². The highest BCUT2D eigenvalue weighted by Gasteiger charge is 1.99. The van der Waals surface area contributed by atoms with Crippen molar-refractivity contribution >= 4 is 5.95 Å². The molecule has 0 saturated heterocycles. The van der Waals surface area contributed by atoms with Gasteiger partial charge in [0, 0.05) is 25.9 Å². The van der Waals surface area contributed by atoms with Crippen LogP contribution in [0.15, 0.2) is 6.07 Å². The van der Waals surface area contributed by atoms with Crippen LogP contribution in [-0.4, -0.2) is 30.2 Å². The van der Waals surface area contributed by atoms with Crippen LogP contribution in [0.4, 0.5) is 5.95 Å². The Morgan fingerprint density at radius 1 is 1.50 bits per heavy atom. The molecule has 1 rings (SSSR count). The summed E-state index contributed by atoms with van der Waals surface area (Å²) in [7, 11) is 1.66. The Kier molecular flexibility index (Phi) is 4.28. The lowest BCUT2D eigenvalue weighted by Gasteiger charge is -2.06. The second-order valence-corrected chi connectivity index (χ2v) is 2.95. The molecular formula is C9H16N4O. The monoisotopic (exact) mass is 196 g/mol. The van der Waals surface area contributed by atoms with Gasteiger partial charge in [0.05, 0.1) is 12.3 Å². The predicted octanol–water partition coefficient (Wildman–Crippen LogP) is 0.302. The molecule has 0 spiro atoms. The topological polar surface area (TPSA) is 73.1 Å². The molecule has 5 heteroatoms. The van der Waals surface area contributed by atoms with Crippen LogP contribution in [0.2, 0.25) is 0 Å². The Hall–Kier alpha value is -1.20. The van der Waals surface area contributed by atoms with Crippen molar-refractivity contribution in [3.8, 4) is 0 Å². The Morgan fingerprint density at radius 2 is 2.29 bits per heavy atom. The minimum absolute atomic E-state index is 0.433. The second-order valence-electron chi connectivity index (χ2n) is 2.95. The van der Waals surface area contributed by atoms with E-state index in [-0.39, 0.29) is 0 Å². The largest absolute Gasteiger partial charge is 0.383 e. The molecule has 14 heavy (non-hydrogen) atoms. The first-order valence-corrected chi connectivity index (χ1v) is 4.53. The van der Waals surface area contributed by atoms with Crippen LogP contribution in [0.3, 0.4) is 0 Å². The van der Waals surface area contributed by atoms with Gasteiger partial charge in [-0.1, -0.05) is 0 Å². The first-order chi connectivity index (χ1) is 6.76. The molecule has 0 aliphatic rings. The number of anilines is 1. The number of nitrogens with two attached hydrogens (primary N) is 1. The molecule has 0 unspecified atom stereocenters. The molecule has 0 aliphatic heterocycles. The summed E-state index contributed by atoms with van der Waals surface area (Å²) in [4.78, 5) is 8.44. The van der Waals surface area contributed by atoms with E-state index in [1.54, 1.807) is 7.11 Å². The average molecular weight is 196 g/mol. The molecule has 0 amide bonds. The number of nitrogens with zero attached hydrogens (tertiary/aromatic N) is 2. The number of aromatic nitrogens is 2. The van der Waals surface area contributed by atoms with E-state index in [0.29, 0.717) is 25.6 Å². The van der Waals surface area contributed by atoms with Crippen molar-refractivity contribution in [2.75, 3.05) is 25.6 Å². The van der Waals surface area contributed by atoms with E-state index in [2.05, 4.69) is 15.3 Å². The summed E-state index contributed by atoms with van der Waals surface area (Å²) in [6, 6.07) is 1.88. The van der Waals surface area contributed by atoms with Crippen molar-refractivity contribution in [2.45, 2.75) is 13.5 Å². The number of hydrogen-bond donors (Lipinski definition) is 2. The Bertz CT molecular complexity index is 290. The molecule has 1 aromatic heterocycles. The summed E-state index contributed by atoms with van der Waals surface area (Å²) in [6.45, 7) is 3.68. The molecule has 0 saturated carbocycles. The van der Waals surface area contributed by atoms with Gasteiger partial charge >= 0.3 is 0 Å². The lowest BCUT2D eigenvalue weighted by Crippen LogP contribution is -2.12. The van der Waals surface area contributed by atoms with Crippen LogP contribution in [0.5, 0.6) is 0 Å². The first kappa shape index (κ1) is 10.9. The van der Waals surface area contributed by atoms with E-state index in [4.69, 9.17) is 10.5 Å². The smallest absolute Gasteiger partial charge is 0.223 e. The van der Waals surface area contributed by atoms with Crippen molar-refractivity contribution in [2.24, 2.45) is 5.73 Å². The van der Waals surface area contributed by atoms with Crippen LogP contribution in [-0.2, 0) is 11.3 Å². The highest BCUT2D eigenvalue weighted by atomic mass is 16.5. The minimum atomic E-state index is 0.433. The number of aryl methyl sites for hydroxylation is 1. The summed E-state index contributed by atoms with van der Waals surface area (Å²) < 4.78 is 4.91. The van der Waals surface area contributed by atoms with Crippen molar-refractivity contribution in [3.05, 3.63) is 17.5 Å². The van der Waals surface area contributed by atoms with Crippen LogP contribution < -0.4 is 11.1 Å². The molecule has 0 aliphatic carbocycles. The third-order valence-electron chi connectivity index (χ3n) is 1.71. The highest BCUT2D eigenvalue weighted by Crippen LogP contribution is 2.03. The molecule has 1 heterocycles. The maximum absolute atomic E-state index is 5.50. The summed E-state index contributed by atoms with van der Waals surface area (Å²) in [6.07, 6.45) is 0. The normalized spacial score (nSPS) is 10.2. The predicted molar refractivity (Wildman–Crippen MR) is 55.0 cm³/mol. The maximum Gasteiger partial charge on any atom is 0.223 e. The van der Waals surface area contributed by atoms with Crippen molar-refractivity contribution < 1.29 is 4.74 Å². The third-order valence-corrected chi connectivity index (χ3v) is 1.71. The standard InChI is InChI=1S/C9H16N4O/c1-7-5-8(6-10)13-9(12-7)11-3-4-14-2/h5H,3-4,6,10H2,1-2H3,(H,11,12,13). The molecular weight excluding hydrogens is 180 g/mol. The molecule has 0 atom stereocenters. The van der Waals surface area contributed by atoms with E-state index in [9.17, 15) is 0 Å². The lowest BCUT2D eigenvalue weighted by atomic mass is 10.3. The van der Waals surface area contributed by atoms with Gasteiger partial charge in [0.1, 0.15) is 0 Å². The Morgan fingerprint density at radius 3 is 2.93 bits per heavy atom. The maximum atomic E-state index is 5.50. The van der Waals surface area contributed by atoms with Gasteiger partial charge in [-0.3, -0.25) is 0 Å². The van der Waals surface area contributed by atoms with Gasteiger partial charge in [-0.05, 0) is 13.0 Å². The van der Waals surface area contributed by atoms with Gasteiger partial charge in [0.2, 0.25) is 5.95 Å². The Balaban J connectivity index is 2.62. The number of hydrogen-bond acceptors (Lipinski definition) is 5. The molecule has 0 fully saturated rings. The summed E-state index contributed by atoms with van der Waals surface area (Å²) in [5.74, 6) is 0.613. The van der Waals surface area contributed by atoms with Gasteiger partial charge in [-0.2, -0.15) is 0 Å². The fourth-order valence-corrected chi connectivity index (χ4v) is 1.08. The molecule has 0 aromatic carbocycles. The minimum Gasteiger partial charge on any atom is -0.383 e. The van der Waals surface area contributed by atoms with E-state index in [0.717, 1.165) is 11.4 Å². The van der Waals surface area contributed by atoms with E-state index >= 15 is 0 Å². The Labute approximate surface area is 83.7 Å². The molecule has 1 aromatic rings. The zero-order chi connectivity index (χ0) is 10.4. The quantitative estimate of drug-likeness (QED) is 0.663. The zero-order valence-corrected chi connectivity index (χ0v) is 8.58. The van der Waals surface area contributed by atoms with Crippen molar-refractivity contribution in [1.29, 1.82) is 0 Å². The fraction of sp³-hybridized carbons (Fsp3) is 0.556. The highest BCUT2D eigenvalue weighted by molar-refractivity contribution is 5.27. The third kappa shape index (κ3) is 3.27. The van der Waals surface area contributed by atoms with Crippen LogP contribution in [0.25, 0.3) is 0 Å². The van der Waals surface area contributed by atoms with E-state index in [1.165, 1.54) is 0 Å². The second kappa shape index (κ2) is 5.51. The molecule has 0 radical (unpaired) electrons. The molecule has 78 valence electrons. The van der Waals surface area contributed by atoms with Crippen LogP contribution in [0, 0.1) is 6.92 Å². The van der Waals surface area contributed by atoms with Gasteiger partial charge in [0.25, 0.3) is 0 Å². The number of nitrogens with one attached hydrogen (secondary N) is 1. The number of methoxy groups -OCH3 is 1. The summed E-state index contributed by atoms with van der Waals surface area (Å²) >= 11 is 0. The van der Waals surface area contributed by atoms with Gasteiger partial charge in [-0.25, -0.2) is 9.97 Å². The molecule has 5 nitrogen and oxygen atoms in total. The van der Waals surface area contributed by atoms with E-state index in [1.807, 2.05) is 13.0 Å². The average Bonchev–Trinajstić information content (AvgIpc) is 2.17. The fourth-order valence-electron chi connectivity index (χ4n) is 1.08. The first-order valence-electron chi connectivity index (χ1n) is 4.53. The SMILES string of the molecule is COCCNc1nc(C)cc(CN)n1. The molecule has 3 N–H and O–H groups in total. The molecule has 0 bridgehead atoms. The van der Waals surface area contributed by atoms with Gasteiger partial charge in [-0.15, -0.1) is 0 Å². The lowest BCUT2D eigenvalue weighted by molar-refractivity contribution is 0.210. The zero-order valence-electron chi connectivity index (χ0n) is 8.58. The van der Waals surface area contributed by atoms with Gasteiger partial charge in [0.15, 0.2) is 0 Å². The van der Waals surface area contributed by atoms with E-state index < -0.39 is 0 Å². The summed E-state index contributed by atoms with van der Waals surface area (Å²) in [5, 5.41) is 3.06. The van der Waals surface area contributed by atoms with Crippen LogP contribution >= 0.6 is 0 Å². The summed E-state index contributed by atoms with van der Waals surface area (Å²) in [5.41, 5.74) is 7.26. The number of rotatable bonds is 5. The van der Waals surface area contributed by atoms with Crippen LogP contribution in [0.1, 0.15) is 11.4 Å². The van der Waals surface area contributed by atoms with Crippen molar-refractivity contribution in [3.63, 3.8) is 0 Å².